The molecule has 0 aromatic heterocycles. The molecule has 0 N–H and O–H groups in total. The van der Waals surface area contributed by atoms with E-state index in [0.29, 0.717) is 5.92 Å². The third kappa shape index (κ3) is 2.56. The summed E-state index contributed by atoms with van der Waals surface area (Å²) in [4.78, 5) is 2.82. The van der Waals surface area contributed by atoms with Gasteiger partial charge in [0, 0.05) is 6.04 Å². The number of hydrogen-bond acceptors (Lipinski definition) is 2. The fourth-order valence-electron chi connectivity index (χ4n) is 5.37. The molecule has 0 amide bonds. The van der Waals surface area contributed by atoms with Gasteiger partial charge in [0.05, 0.1) is 7.11 Å². The highest BCUT2D eigenvalue weighted by molar-refractivity contribution is 5.39. The monoisotopic (exact) mass is 299 g/mol. The summed E-state index contributed by atoms with van der Waals surface area (Å²) in [5.74, 6) is 3.85. The predicted molar refractivity (Wildman–Crippen MR) is 90.5 cm³/mol. The number of piperidine rings is 1. The van der Waals surface area contributed by atoms with Crippen molar-refractivity contribution in [2.45, 2.75) is 57.4 Å². The van der Waals surface area contributed by atoms with Crippen LogP contribution in [-0.2, 0) is 0 Å². The molecule has 2 unspecified atom stereocenters. The second-order valence-corrected chi connectivity index (χ2v) is 7.80. The van der Waals surface area contributed by atoms with E-state index in [4.69, 9.17) is 4.74 Å². The zero-order valence-corrected chi connectivity index (χ0v) is 14.1. The summed E-state index contributed by atoms with van der Waals surface area (Å²) in [5.41, 5.74) is 2.79. The number of hydrogen-bond donors (Lipinski definition) is 0. The molecule has 0 spiro atoms. The molecule has 0 radical (unpaired) electrons. The van der Waals surface area contributed by atoms with Crippen LogP contribution in [0.15, 0.2) is 18.2 Å². The van der Waals surface area contributed by atoms with Crippen molar-refractivity contribution in [3.05, 3.63) is 29.3 Å². The van der Waals surface area contributed by atoms with E-state index in [0.717, 1.165) is 23.6 Å². The van der Waals surface area contributed by atoms with Gasteiger partial charge in [-0.15, -0.1) is 0 Å². The highest BCUT2D eigenvalue weighted by atomic mass is 16.5. The van der Waals surface area contributed by atoms with Crippen molar-refractivity contribution >= 4 is 0 Å². The number of rotatable bonds is 3. The number of benzene rings is 1. The molecule has 22 heavy (non-hydrogen) atoms. The van der Waals surface area contributed by atoms with Gasteiger partial charge in [0.25, 0.3) is 0 Å². The quantitative estimate of drug-likeness (QED) is 0.821. The number of aryl methyl sites for hydroxylation is 1. The van der Waals surface area contributed by atoms with E-state index < -0.39 is 0 Å². The minimum absolute atomic E-state index is 0.685. The van der Waals surface area contributed by atoms with E-state index in [1.54, 1.807) is 7.11 Å². The van der Waals surface area contributed by atoms with Crippen molar-refractivity contribution in [1.29, 1.82) is 0 Å². The van der Waals surface area contributed by atoms with E-state index in [1.807, 2.05) is 0 Å². The molecule has 2 bridgehead atoms. The summed E-state index contributed by atoms with van der Waals surface area (Å²) in [6.07, 6.45) is 8.62. The van der Waals surface area contributed by atoms with Crippen LogP contribution < -0.4 is 4.74 Å². The van der Waals surface area contributed by atoms with Gasteiger partial charge in [0.15, 0.2) is 0 Å². The third-order valence-electron chi connectivity index (χ3n) is 6.52. The molecular formula is C20H29NO. The van der Waals surface area contributed by atoms with Crippen molar-refractivity contribution in [3.8, 4) is 5.75 Å². The van der Waals surface area contributed by atoms with Gasteiger partial charge in [-0.1, -0.05) is 24.1 Å². The summed E-state index contributed by atoms with van der Waals surface area (Å²) in [5, 5.41) is 0. The van der Waals surface area contributed by atoms with E-state index >= 15 is 0 Å². The van der Waals surface area contributed by atoms with Crippen LogP contribution in [0, 0.1) is 18.8 Å². The van der Waals surface area contributed by atoms with Gasteiger partial charge in [-0.3, -0.25) is 0 Å². The molecule has 3 atom stereocenters. The van der Waals surface area contributed by atoms with Gasteiger partial charge in [-0.25, -0.2) is 0 Å². The van der Waals surface area contributed by atoms with Crippen LogP contribution in [-0.4, -0.2) is 31.1 Å². The predicted octanol–water partition coefficient (Wildman–Crippen LogP) is 4.37. The molecule has 1 saturated heterocycles. The van der Waals surface area contributed by atoms with Crippen molar-refractivity contribution in [3.63, 3.8) is 0 Å². The standard InChI is InChI=1S/C20H29NO/c1-14-3-6-20(22-2)18(11-14)16-7-9-21(10-8-16)19-13-15-4-5-17(19)12-15/h3,6,11,15-17,19H,4-5,7-10,12-13H2,1-2H3/t15?,17?,19-/m0/s1. The molecule has 2 saturated carbocycles. The lowest BCUT2D eigenvalue weighted by atomic mass is 9.85. The number of likely N-dealkylation sites (tertiary alicyclic amines) is 1. The average Bonchev–Trinajstić information content (AvgIpc) is 3.18. The van der Waals surface area contributed by atoms with E-state index in [1.165, 1.54) is 62.7 Å². The molecule has 2 nitrogen and oxygen atoms in total. The fourth-order valence-corrected chi connectivity index (χ4v) is 5.37. The first-order valence-electron chi connectivity index (χ1n) is 9.13. The van der Waals surface area contributed by atoms with Crippen LogP contribution in [0.4, 0.5) is 0 Å². The highest BCUT2D eigenvalue weighted by Crippen LogP contribution is 2.47. The molecule has 1 aromatic carbocycles. The molecular weight excluding hydrogens is 270 g/mol. The zero-order chi connectivity index (χ0) is 15.1. The molecule has 3 fully saturated rings. The Labute approximate surface area is 134 Å². The average molecular weight is 299 g/mol. The van der Waals surface area contributed by atoms with Crippen molar-refractivity contribution < 1.29 is 4.74 Å². The summed E-state index contributed by atoms with van der Waals surface area (Å²) in [6, 6.07) is 7.57. The Morgan fingerprint density at radius 3 is 2.50 bits per heavy atom. The normalized spacial score (nSPS) is 32.5. The van der Waals surface area contributed by atoms with Crippen molar-refractivity contribution in [1.82, 2.24) is 4.90 Å². The molecule has 2 aliphatic carbocycles. The number of nitrogens with zero attached hydrogens (tertiary/aromatic N) is 1. The fraction of sp³-hybridized carbons (Fsp3) is 0.700. The lowest BCUT2D eigenvalue weighted by Crippen LogP contribution is -2.43. The van der Waals surface area contributed by atoms with Gasteiger partial charge in [-0.05, 0) is 81.5 Å². The highest BCUT2D eigenvalue weighted by Gasteiger charge is 2.42. The first-order valence-corrected chi connectivity index (χ1v) is 9.13. The SMILES string of the molecule is COc1ccc(C)cc1C1CCN([C@H]2CC3CCC2C3)CC1. The molecule has 2 heteroatoms. The minimum Gasteiger partial charge on any atom is -0.496 e. The second-order valence-electron chi connectivity index (χ2n) is 7.80. The van der Waals surface area contributed by atoms with Gasteiger partial charge in [0.1, 0.15) is 5.75 Å². The summed E-state index contributed by atoms with van der Waals surface area (Å²) in [6.45, 7) is 4.76. The van der Waals surface area contributed by atoms with E-state index in [2.05, 4.69) is 30.0 Å². The van der Waals surface area contributed by atoms with E-state index in [-0.39, 0.29) is 0 Å². The lowest BCUT2D eigenvalue weighted by Gasteiger charge is -2.40. The Balaban J connectivity index is 1.43. The van der Waals surface area contributed by atoms with Crippen LogP contribution in [0.3, 0.4) is 0 Å². The smallest absolute Gasteiger partial charge is 0.122 e. The Kier molecular flexibility index (Phi) is 3.89. The minimum atomic E-state index is 0.685. The van der Waals surface area contributed by atoms with Crippen LogP contribution in [0.1, 0.15) is 55.6 Å². The van der Waals surface area contributed by atoms with Crippen LogP contribution in [0.5, 0.6) is 5.75 Å². The topological polar surface area (TPSA) is 12.5 Å². The van der Waals surface area contributed by atoms with Crippen LogP contribution >= 0.6 is 0 Å². The van der Waals surface area contributed by atoms with Gasteiger partial charge >= 0.3 is 0 Å². The Hall–Kier alpha value is -1.02. The molecule has 1 aliphatic heterocycles. The first kappa shape index (κ1) is 14.6. The van der Waals surface area contributed by atoms with Gasteiger partial charge in [-0.2, -0.15) is 0 Å². The largest absolute Gasteiger partial charge is 0.496 e. The first-order chi connectivity index (χ1) is 10.7. The number of ether oxygens (including phenoxy) is 1. The Morgan fingerprint density at radius 2 is 1.86 bits per heavy atom. The summed E-state index contributed by atoms with van der Waals surface area (Å²) >= 11 is 0. The lowest BCUT2D eigenvalue weighted by molar-refractivity contribution is 0.110. The maximum absolute atomic E-state index is 5.61. The molecule has 3 aliphatic rings. The molecule has 4 rings (SSSR count). The molecule has 120 valence electrons. The summed E-state index contributed by atoms with van der Waals surface area (Å²) in [7, 11) is 1.80. The van der Waals surface area contributed by atoms with E-state index in [9.17, 15) is 0 Å². The van der Waals surface area contributed by atoms with Crippen molar-refractivity contribution in [2.24, 2.45) is 11.8 Å². The maximum atomic E-state index is 5.61. The molecule has 1 aromatic rings. The zero-order valence-electron chi connectivity index (χ0n) is 14.1. The second kappa shape index (κ2) is 5.88. The van der Waals surface area contributed by atoms with Crippen LogP contribution in [0.25, 0.3) is 0 Å². The number of methoxy groups -OCH3 is 1. The van der Waals surface area contributed by atoms with Crippen molar-refractivity contribution in [2.75, 3.05) is 20.2 Å². The van der Waals surface area contributed by atoms with Gasteiger partial charge in [0.2, 0.25) is 0 Å². The van der Waals surface area contributed by atoms with Crippen LogP contribution in [0.2, 0.25) is 0 Å². The Bertz CT molecular complexity index is 533. The van der Waals surface area contributed by atoms with Gasteiger partial charge < -0.3 is 9.64 Å². The number of fused-ring (bicyclic) bond motifs is 2. The Morgan fingerprint density at radius 1 is 1.05 bits per heavy atom. The summed E-state index contributed by atoms with van der Waals surface area (Å²) < 4.78 is 5.61. The maximum Gasteiger partial charge on any atom is 0.122 e. The molecule has 1 heterocycles. The third-order valence-corrected chi connectivity index (χ3v) is 6.52.